The second-order valence-electron chi connectivity index (χ2n) is 5.79. The third-order valence-corrected chi connectivity index (χ3v) is 3.66. The molecule has 1 heteroatoms. The normalized spacial score (nSPS) is 11.6. The van der Waals surface area contributed by atoms with Crippen molar-refractivity contribution in [3.8, 4) is 11.1 Å². The van der Waals surface area contributed by atoms with Gasteiger partial charge in [-0.05, 0) is 40.7 Å². The van der Waals surface area contributed by atoms with Gasteiger partial charge in [-0.1, -0.05) is 68.8 Å². The zero-order valence-corrected chi connectivity index (χ0v) is 12.2. The van der Waals surface area contributed by atoms with Gasteiger partial charge in [0.25, 0.3) is 0 Å². The molecule has 18 heavy (non-hydrogen) atoms. The van der Waals surface area contributed by atoms with Crippen LogP contribution in [-0.4, -0.2) is 0 Å². The van der Waals surface area contributed by atoms with Crippen LogP contribution in [0.2, 0.25) is 5.02 Å². The van der Waals surface area contributed by atoms with Gasteiger partial charge >= 0.3 is 0 Å². The number of halogens is 1. The maximum atomic E-state index is 6.17. The summed E-state index contributed by atoms with van der Waals surface area (Å²) in [6.07, 6.45) is 0. The first-order valence-corrected chi connectivity index (χ1v) is 6.63. The molecule has 0 aromatic heterocycles. The van der Waals surface area contributed by atoms with Gasteiger partial charge in [0.1, 0.15) is 0 Å². The van der Waals surface area contributed by atoms with Gasteiger partial charge in [-0.3, -0.25) is 0 Å². The molecule has 0 aliphatic carbocycles. The molecular formula is C17H19Cl. The van der Waals surface area contributed by atoms with E-state index in [2.05, 4.69) is 57.2 Å². The van der Waals surface area contributed by atoms with Gasteiger partial charge in [0.2, 0.25) is 0 Å². The minimum atomic E-state index is 0.198. The number of rotatable bonds is 1. The average Bonchev–Trinajstić information content (AvgIpc) is 2.32. The first-order chi connectivity index (χ1) is 8.38. The molecule has 0 unspecified atom stereocenters. The molecule has 0 saturated carbocycles. The fourth-order valence-electron chi connectivity index (χ4n) is 1.94. The minimum absolute atomic E-state index is 0.198. The molecule has 0 saturated heterocycles. The fourth-order valence-corrected chi connectivity index (χ4v) is 2.12. The maximum Gasteiger partial charge on any atom is 0.0441 e. The molecule has 2 rings (SSSR count). The molecular weight excluding hydrogens is 240 g/mol. The van der Waals surface area contributed by atoms with E-state index in [9.17, 15) is 0 Å². The highest BCUT2D eigenvalue weighted by atomic mass is 35.5. The molecule has 0 spiro atoms. The highest BCUT2D eigenvalue weighted by Crippen LogP contribution is 2.28. The van der Waals surface area contributed by atoms with E-state index < -0.39 is 0 Å². The topological polar surface area (TPSA) is 0 Å². The Balaban J connectivity index is 2.37. The van der Waals surface area contributed by atoms with Crippen LogP contribution in [0.15, 0.2) is 42.5 Å². The predicted molar refractivity (Wildman–Crippen MR) is 80.3 cm³/mol. The van der Waals surface area contributed by atoms with E-state index in [4.69, 9.17) is 11.6 Å². The van der Waals surface area contributed by atoms with Crippen molar-refractivity contribution in [3.05, 3.63) is 58.6 Å². The third kappa shape index (κ3) is 2.76. The Morgan fingerprint density at radius 1 is 0.833 bits per heavy atom. The Morgan fingerprint density at radius 2 is 1.39 bits per heavy atom. The second kappa shape index (κ2) is 4.78. The Labute approximate surface area is 115 Å². The summed E-state index contributed by atoms with van der Waals surface area (Å²) in [5, 5.41) is 0.826. The molecule has 0 aliphatic heterocycles. The molecule has 0 fully saturated rings. The lowest BCUT2D eigenvalue weighted by Crippen LogP contribution is -2.10. The Morgan fingerprint density at radius 3 is 1.89 bits per heavy atom. The number of hydrogen-bond acceptors (Lipinski definition) is 0. The van der Waals surface area contributed by atoms with E-state index in [0.29, 0.717) is 0 Å². The molecule has 0 amide bonds. The quantitative estimate of drug-likeness (QED) is 0.623. The highest BCUT2D eigenvalue weighted by Gasteiger charge is 2.13. The summed E-state index contributed by atoms with van der Waals surface area (Å²) in [6, 6.07) is 14.9. The maximum absolute atomic E-state index is 6.17. The summed E-state index contributed by atoms with van der Waals surface area (Å²) in [4.78, 5) is 0. The Kier molecular flexibility index (Phi) is 3.49. The average molecular weight is 259 g/mol. The highest BCUT2D eigenvalue weighted by molar-refractivity contribution is 6.31. The van der Waals surface area contributed by atoms with Crippen molar-refractivity contribution >= 4 is 11.6 Å². The number of benzene rings is 2. The van der Waals surface area contributed by atoms with Gasteiger partial charge in [0.05, 0.1) is 0 Å². The van der Waals surface area contributed by atoms with Crippen LogP contribution in [0.25, 0.3) is 11.1 Å². The van der Waals surface area contributed by atoms with E-state index in [1.807, 2.05) is 13.0 Å². The SMILES string of the molecule is Cc1ccc(-c2ccc(C(C)(C)C)cc2)cc1Cl. The van der Waals surface area contributed by atoms with Crippen molar-refractivity contribution in [3.63, 3.8) is 0 Å². The molecule has 2 aromatic carbocycles. The smallest absolute Gasteiger partial charge is 0.0441 e. The van der Waals surface area contributed by atoms with Crippen molar-refractivity contribution < 1.29 is 0 Å². The van der Waals surface area contributed by atoms with Crippen LogP contribution in [0, 0.1) is 6.92 Å². The lowest BCUT2D eigenvalue weighted by molar-refractivity contribution is 0.590. The van der Waals surface area contributed by atoms with Gasteiger partial charge in [0.15, 0.2) is 0 Å². The van der Waals surface area contributed by atoms with Crippen LogP contribution in [0.4, 0.5) is 0 Å². The summed E-state index contributed by atoms with van der Waals surface area (Å²) in [5.41, 5.74) is 5.05. The van der Waals surface area contributed by atoms with Crippen LogP contribution in [0.3, 0.4) is 0 Å². The summed E-state index contributed by atoms with van der Waals surface area (Å²) in [5.74, 6) is 0. The van der Waals surface area contributed by atoms with Crippen molar-refractivity contribution in [2.45, 2.75) is 33.1 Å². The van der Waals surface area contributed by atoms with Crippen LogP contribution < -0.4 is 0 Å². The van der Waals surface area contributed by atoms with Crippen LogP contribution in [0.1, 0.15) is 31.9 Å². The van der Waals surface area contributed by atoms with Crippen molar-refractivity contribution in [1.29, 1.82) is 0 Å². The monoisotopic (exact) mass is 258 g/mol. The lowest BCUT2D eigenvalue weighted by Gasteiger charge is -2.19. The third-order valence-electron chi connectivity index (χ3n) is 3.26. The van der Waals surface area contributed by atoms with Gasteiger partial charge in [0, 0.05) is 5.02 Å². The molecule has 94 valence electrons. The first-order valence-electron chi connectivity index (χ1n) is 6.25. The van der Waals surface area contributed by atoms with E-state index >= 15 is 0 Å². The van der Waals surface area contributed by atoms with Crippen LogP contribution >= 0.6 is 11.6 Å². The predicted octanol–water partition coefficient (Wildman–Crippen LogP) is 5.61. The first kappa shape index (κ1) is 13.2. The van der Waals surface area contributed by atoms with Crippen LogP contribution in [0.5, 0.6) is 0 Å². The number of aryl methyl sites for hydroxylation is 1. The molecule has 0 atom stereocenters. The van der Waals surface area contributed by atoms with Crippen LogP contribution in [-0.2, 0) is 5.41 Å². The zero-order chi connectivity index (χ0) is 13.3. The molecule has 0 radical (unpaired) electrons. The molecule has 0 heterocycles. The van der Waals surface area contributed by atoms with Crippen molar-refractivity contribution in [2.75, 3.05) is 0 Å². The summed E-state index contributed by atoms with van der Waals surface area (Å²) in [7, 11) is 0. The summed E-state index contributed by atoms with van der Waals surface area (Å²) < 4.78 is 0. The summed E-state index contributed by atoms with van der Waals surface area (Å²) >= 11 is 6.17. The van der Waals surface area contributed by atoms with Crippen molar-refractivity contribution in [2.24, 2.45) is 0 Å². The van der Waals surface area contributed by atoms with Crippen molar-refractivity contribution in [1.82, 2.24) is 0 Å². The van der Waals surface area contributed by atoms with Gasteiger partial charge in [-0.25, -0.2) is 0 Å². The largest absolute Gasteiger partial charge is 0.0840 e. The molecule has 0 aliphatic rings. The zero-order valence-electron chi connectivity index (χ0n) is 11.4. The van der Waals surface area contributed by atoms with E-state index in [-0.39, 0.29) is 5.41 Å². The summed E-state index contributed by atoms with van der Waals surface area (Å²) in [6.45, 7) is 8.70. The van der Waals surface area contributed by atoms with Gasteiger partial charge in [-0.15, -0.1) is 0 Å². The Hall–Kier alpha value is -1.27. The van der Waals surface area contributed by atoms with E-state index in [1.54, 1.807) is 0 Å². The van der Waals surface area contributed by atoms with E-state index in [0.717, 1.165) is 10.6 Å². The standard InChI is InChI=1S/C17H19Cl/c1-12-5-6-14(11-16(12)18)13-7-9-15(10-8-13)17(2,3)4/h5-11H,1-4H3. The second-order valence-corrected chi connectivity index (χ2v) is 6.20. The molecule has 0 bridgehead atoms. The number of hydrogen-bond donors (Lipinski definition) is 0. The lowest BCUT2D eigenvalue weighted by atomic mass is 9.86. The molecule has 0 N–H and O–H groups in total. The molecule has 0 nitrogen and oxygen atoms in total. The minimum Gasteiger partial charge on any atom is -0.0840 e. The van der Waals surface area contributed by atoms with E-state index in [1.165, 1.54) is 16.7 Å². The van der Waals surface area contributed by atoms with Gasteiger partial charge in [-0.2, -0.15) is 0 Å². The molecule has 2 aromatic rings. The Bertz CT molecular complexity index is 545. The van der Waals surface area contributed by atoms with Gasteiger partial charge < -0.3 is 0 Å². The fraction of sp³-hybridized carbons (Fsp3) is 0.294.